The molecule has 1 heteroatoms. The lowest BCUT2D eigenvalue weighted by atomic mass is 9.88. The smallest absolute Gasteiger partial charge is 0.00161 e. The van der Waals surface area contributed by atoms with Crippen molar-refractivity contribution in [3.8, 4) is 0 Å². The van der Waals surface area contributed by atoms with E-state index in [9.17, 15) is 0 Å². The number of rotatable bonds is 3. The average molecular weight is 231 g/mol. The molecule has 1 aliphatic heterocycles. The normalized spacial score (nSPS) is 18.5. The SMILES string of the molecule is CCN1CCC(Cc2ccc(C)cc2C)CC1. The summed E-state index contributed by atoms with van der Waals surface area (Å²) in [5.74, 6) is 0.902. The van der Waals surface area contributed by atoms with Crippen LogP contribution in [0, 0.1) is 19.8 Å². The molecule has 0 radical (unpaired) electrons. The highest BCUT2D eigenvalue weighted by Gasteiger charge is 2.18. The quantitative estimate of drug-likeness (QED) is 0.768. The molecule has 1 nitrogen and oxygen atoms in total. The van der Waals surface area contributed by atoms with Crippen molar-refractivity contribution in [2.45, 2.75) is 40.0 Å². The standard InChI is InChI=1S/C16H25N/c1-4-17-9-7-15(8-10-17)12-16-6-5-13(2)11-14(16)3/h5-6,11,15H,4,7-10,12H2,1-3H3. The molecule has 1 aromatic carbocycles. The highest BCUT2D eigenvalue weighted by Crippen LogP contribution is 2.23. The molecule has 1 aliphatic rings. The maximum absolute atomic E-state index is 2.57. The largest absolute Gasteiger partial charge is 0.304 e. The third-order valence-corrected chi connectivity index (χ3v) is 4.16. The van der Waals surface area contributed by atoms with Gasteiger partial charge in [-0.1, -0.05) is 30.7 Å². The topological polar surface area (TPSA) is 3.24 Å². The van der Waals surface area contributed by atoms with Crippen LogP contribution >= 0.6 is 0 Å². The summed E-state index contributed by atoms with van der Waals surface area (Å²) in [6, 6.07) is 6.90. The van der Waals surface area contributed by atoms with E-state index in [1.165, 1.54) is 50.0 Å². The highest BCUT2D eigenvalue weighted by molar-refractivity contribution is 5.30. The number of hydrogen-bond donors (Lipinski definition) is 0. The summed E-state index contributed by atoms with van der Waals surface area (Å²) in [6.07, 6.45) is 4.03. The Morgan fingerprint density at radius 1 is 1.18 bits per heavy atom. The second kappa shape index (κ2) is 5.68. The molecule has 2 rings (SSSR count). The van der Waals surface area contributed by atoms with Gasteiger partial charge in [-0.3, -0.25) is 0 Å². The van der Waals surface area contributed by atoms with E-state index in [-0.39, 0.29) is 0 Å². The van der Waals surface area contributed by atoms with Gasteiger partial charge in [0.05, 0.1) is 0 Å². The van der Waals surface area contributed by atoms with Crippen LogP contribution in [0.25, 0.3) is 0 Å². The first-order valence-corrected chi connectivity index (χ1v) is 6.97. The predicted octanol–water partition coefficient (Wildman–Crippen LogP) is 3.58. The van der Waals surface area contributed by atoms with Gasteiger partial charge < -0.3 is 4.90 Å². The molecule has 0 unspecified atom stereocenters. The van der Waals surface area contributed by atoms with Crippen LogP contribution in [0.15, 0.2) is 18.2 Å². The van der Waals surface area contributed by atoms with Gasteiger partial charge in [-0.2, -0.15) is 0 Å². The third-order valence-electron chi connectivity index (χ3n) is 4.16. The first-order valence-electron chi connectivity index (χ1n) is 6.97. The van der Waals surface area contributed by atoms with Crippen molar-refractivity contribution in [3.05, 3.63) is 34.9 Å². The maximum atomic E-state index is 2.57. The molecule has 94 valence electrons. The summed E-state index contributed by atoms with van der Waals surface area (Å²) in [7, 11) is 0. The number of nitrogens with zero attached hydrogens (tertiary/aromatic N) is 1. The van der Waals surface area contributed by atoms with Crippen molar-refractivity contribution in [2.24, 2.45) is 5.92 Å². The van der Waals surface area contributed by atoms with Crippen LogP contribution in [-0.2, 0) is 6.42 Å². The minimum atomic E-state index is 0.902. The summed E-state index contributed by atoms with van der Waals surface area (Å²) >= 11 is 0. The van der Waals surface area contributed by atoms with Crippen LogP contribution < -0.4 is 0 Å². The lowest BCUT2D eigenvalue weighted by molar-refractivity contribution is 0.192. The summed E-state index contributed by atoms with van der Waals surface area (Å²) in [5, 5.41) is 0. The van der Waals surface area contributed by atoms with Crippen molar-refractivity contribution in [2.75, 3.05) is 19.6 Å². The van der Waals surface area contributed by atoms with Gasteiger partial charge in [-0.15, -0.1) is 0 Å². The van der Waals surface area contributed by atoms with E-state index >= 15 is 0 Å². The fourth-order valence-corrected chi connectivity index (χ4v) is 2.89. The first-order chi connectivity index (χ1) is 8.19. The molecule has 1 heterocycles. The monoisotopic (exact) mass is 231 g/mol. The molecule has 1 aromatic rings. The van der Waals surface area contributed by atoms with Crippen LogP contribution in [0.5, 0.6) is 0 Å². The number of hydrogen-bond acceptors (Lipinski definition) is 1. The highest BCUT2D eigenvalue weighted by atomic mass is 15.1. The van der Waals surface area contributed by atoms with E-state index in [0.29, 0.717) is 0 Å². The van der Waals surface area contributed by atoms with Gasteiger partial charge >= 0.3 is 0 Å². The third kappa shape index (κ3) is 3.32. The van der Waals surface area contributed by atoms with E-state index in [1.54, 1.807) is 5.56 Å². The Bertz CT molecular complexity index is 362. The molecule has 0 bridgehead atoms. The zero-order chi connectivity index (χ0) is 12.3. The molecular weight excluding hydrogens is 206 g/mol. The van der Waals surface area contributed by atoms with Gasteiger partial charge in [0.25, 0.3) is 0 Å². The molecular formula is C16H25N. The zero-order valence-corrected chi connectivity index (χ0v) is 11.5. The van der Waals surface area contributed by atoms with E-state index in [1.807, 2.05) is 0 Å². The van der Waals surface area contributed by atoms with E-state index in [0.717, 1.165) is 5.92 Å². The number of likely N-dealkylation sites (tertiary alicyclic amines) is 1. The van der Waals surface area contributed by atoms with E-state index < -0.39 is 0 Å². The van der Waals surface area contributed by atoms with Crippen LogP contribution in [0.4, 0.5) is 0 Å². The number of benzene rings is 1. The molecule has 0 saturated carbocycles. The lowest BCUT2D eigenvalue weighted by Gasteiger charge is -2.31. The Morgan fingerprint density at radius 3 is 2.47 bits per heavy atom. The Hall–Kier alpha value is -0.820. The van der Waals surface area contributed by atoms with Gasteiger partial charge in [-0.05, 0) is 69.8 Å². The Balaban J connectivity index is 1.93. The lowest BCUT2D eigenvalue weighted by Crippen LogP contribution is -2.34. The fraction of sp³-hybridized carbons (Fsp3) is 0.625. The molecule has 0 spiro atoms. The van der Waals surface area contributed by atoms with Crippen molar-refractivity contribution >= 4 is 0 Å². The van der Waals surface area contributed by atoms with Gasteiger partial charge in [-0.25, -0.2) is 0 Å². The molecule has 0 amide bonds. The number of piperidine rings is 1. The molecule has 1 saturated heterocycles. The number of aryl methyl sites for hydroxylation is 2. The van der Waals surface area contributed by atoms with Gasteiger partial charge in [0.1, 0.15) is 0 Å². The minimum absolute atomic E-state index is 0.902. The predicted molar refractivity (Wildman–Crippen MR) is 74.5 cm³/mol. The van der Waals surface area contributed by atoms with Crippen LogP contribution in [0.2, 0.25) is 0 Å². The second-order valence-electron chi connectivity index (χ2n) is 5.51. The van der Waals surface area contributed by atoms with Crippen LogP contribution in [-0.4, -0.2) is 24.5 Å². The summed E-state index contributed by atoms with van der Waals surface area (Å²) in [4.78, 5) is 2.57. The average Bonchev–Trinajstić information content (AvgIpc) is 2.34. The molecule has 0 aliphatic carbocycles. The Morgan fingerprint density at radius 2 is 1.88 bits per heavy atom. The summed E-state index contributed by atoms with van der Waals surface area (Å²) in [6.45, 7) is 10.5. The van der Waals surface area contributed by atoms with Crippen molar-refractivity contribution in [1.82, 2.24) is 4.90 Å². The fourth-order valence-electron chi connectivity index (χ4n) is 2.89. The molecule has 17 heavy (non-hydrogen) atoms. The maximum Gasteiger partial charge on any atom is -0.00161 e. The molecule has 0 aromatic heterocycles. The molecule has 0 N–H and O–H groups in total. The Kier molecular flexibility index (Phi) is 4.22. The Labute approximate surface area is 106 Å². The second-order valence-corrected chi connectivity index (χ2v) is 5.51. The first kappa shape index (κ1) is 12.6. The van der Waals surface area contributed by atoms with Crippen LogP contribution in [0.3, 0.4) is 0 Å². The zero-order valence-electron chi connectivity index (χ0n) is 11.5. The molecule has 1 fully saturated rings. The summed E-state index contributed by atoms with van der Waals surface area (Å²) < 4.78 is 0. The van der Waals surface area contributed by atoms with Crippen molar-refractivity contribution in [3.63, 3.8) is 0 Å². The van der Waals surface area contributed by atoms with Crippen molar-refractivity contribution < 1.29 is 0 Å². The molecule has 0 atom stereocenters. The van der Waals surface area contributed by atoms with Crippen LogP contribution in [0.1, 0.15) is 36.5 Å². The van der Waals surface area contributed by atoms with Gasteiger partial charge in [0.2, 0.25) is 0 Å². The van der Waals surface area contributed by atoms with E-state index in [2.05, 4.69) is 43.9 Å². The summed E-state index contributed by atoms with van der Waals surface area (Å²) in [5.41, 5.74) is 4.42. The van der Waals surface area contributed by atoms with Crippen molar-refractivity contribution in [1.29, 1.82) is 0 Å². The minimum Gasteiger partial charge on any atom is -0.304 e. The van der Waals surface area contributed by atoms with Gasteiger partial charge in [0, 0.05) is 0 Å². The van der Waals surface area contributed by atoms with Gasteiger partial charge in [0.15, 0.2) is 0 Å². The van der Waals surface area contributed by atoms with E-state index in [4.69, 9.17) is 0 Å².